The quantitative estimate of drug-likeness (QED) is 0.602. The van der Waals surface area contributed by atoms with Crippen molar-refractivity contribution in [2.24, 2.45) is 0 Å². The van der Waals surface area contributed by atoms with Crippen LogP contribution in [0.5, 0.6) is 0 Å². The molecule has 1 nitrogen and oxygen atoms in total. The Kier molecular flexibility index (Phi) is 2.60. The zero-order chi connectivity index (χ0) is 12.5. The van der Waals surface area contributed by atoms with Gasteiger partial charge in [0, 0.05) is 11.8 Å². The monoisotopic (exact) mass is 233 g/mol. The van der Waals surface area contributed by atoms with Gasteiger partial charge in [-0.05, 0) is 41.8 Å². The molecule has 3 rings (SSSR count). The summed E-state index contributed by atoms with van der Waals surface area (Å²) >= 11 is 0. The fraction of sp³-hybridized carbons (Fsp3) is 0.118. The van der Waals surface area contributed by atoms with Crippen LogP contribution in [-0.2, 0) is 0 Å². The highest BCUT2D eigenvalue weighted by Gasteiger charge is 2.08. The normalized spacial score (nSPS) is 10.8. The van der Waals surface area contributed by atoms with E-state index in [1.807, 2.05) is 12.3 Å². The Balaban J connectivity index is 2.31. The Morgan fingerprint density at radius 2 is 1.67 bits per heavy atom. The summed E-state index contributed by atoms with van der Waals surface area (Å²) in [5.74, 6) is 0. The van der Waals surface area contributed by atoms with Crippen LogP contribution >= 0.6 is 0 Å². The van der Waals surface area contributed by atoms with Gasteiger partial charge >= 0.3 is 0 Å². The van der Waals surface area contributed by atoms with Crippen LogP contribution in [0.25, 0.3) is 22.0 Å². The predicted octanol–water partition coefficient (Wildman–Crippen LogP) is 4.52. The zero-order valence-electron chi connectivity index (χ0n) is 10.6. The Morgan fingerprint density at radius 3 is 2.50 bits per heavy atom. The first-order chi connectivity index (χ1) is 8.77. The Bertz CT molecular complexity index is 714. The van der Waals surface area contributed by atoms with Gasteiger partial charge in [-0.3, -0.25) is 4.98 Å². The van der Waals surface area contributed by atoms with Gasteiger partial charge in [0.1, 0.15) is 0 Å². The summed E-state index contributed by atoms with van der Waals surface area (Å²) in [5, 5.41) is 2.59. The molecule has 0 saturated carbocycles. The van der Waals surface area contributed by atoms with Crippen molar-refractivity contribution in [3.05, 3.63) is 65.9 Å². The lowest BCUT2D eigenvalue weighted by atomic mass is 9.96. The second kappa shape index (κ2) is 4.26. The van der Waals surface area contributed by atoms with Crippen LogP contribution in [0.4, 0.5) is 0 Å². The smallest absolute Gasteiger partial charge is 0.0733 e. The van der Waals surface area contributed by atoms with E-state index in [0.29, 0.717) is 0 Å². The second-order valence-corrected chi connectivity index (χ2v) is 4.63. The first-order valence-corrected chi connectivity index (χ1v) is 6.18. The van der Waals surface area contributed by atoms with Crippen molar-refractivity contribution < 1.29 is 0 Å². The Hall–Kier alpha value is -2.15. The first-order valence-electron chi connectivity index (χ1n) is 6.18. The van der Waals surface area contributed by atoms with Crippen molar-refractivity contribution in [2.75, 3.05) is 0 Å². The van der Waals surface area contributed by atoms with Gasteiger partial charge in [-0.15, -0.1) is 0 Å². The van der Waals surface area contributed by atoms with Gasteiger partial charge in [0.15, 0.2) is 0 Å². The van der Waals surface area contributed by atoms with Gasteiger partial charge in [-0.2, -0.15) is 0 Å². The molecule has 18 heavy (non-hydrogen) atoms. The summed E-state index contributed by atoms with van der Waals surface area (Å²) < 4.78 is 0. The molecule has 0 bridgehead atoms. The summed E-state index contributed by atoms with van der Waals surface area (Å²) in [7, 11) is 0. The number of aryl methyl sites for hydroxylation is 2. The van der Waals surface area contributed by atoms with Crippen LogP contribution in [0.3, 0.4) is 0 Å². The van der Waals surface area contributed by atoms with Gasteiger partial charge in [-0.1, -0.05) is 42.5 Å². The molecule has 0 spiro atoms. The first kappa shape index (κ1) is 11.0. The van der Waals surface area contributed by atoms with Crippen LogP contribution in [0.1, 0.15) is 11.1 Å². The summed E-state index contributed by atoms with van der Waals surface area (Å²) in [6.07, 6.45) is 1.86. The van der Waals surface area contributed by atoms with E-state index in [0.717, 1.165) is 5.69 Å². The summed E-state index contributed by atoms with van der Waals surface area (Å²) in [4.78, 5) is 4.52. The lowest BCUT2D eigenvalue weighted by molar-refractivity contribution is 1.26. The van der Waals surface area contributed by atoms with Gasteiger partial charge in [0.2, 0.25) is 0 Å². The second-order valence-electron chi connectivity index (χ2n) is 4.63. The molecule has 0 aliphatic heterocycles. The fourth-order valence-electron chi connectivity index (χ4n) is 2.45. The van der Waals surface area contributed by atoms with E-state index in [1.54, 1.807) is 0 Å². The molecule has 0 fully saturated rings. The van der Waals surface area contributed by atoms with Gasteiger partial charge < -0.3 is 0 Å². The van der Waals surface area contributed by atoms with Crippen LogP contribution < -0.4 is 0 Å². The highest BCUT2D eigenvalue weighted by atomic mass is 14.7. The molecule has 2 aromatic carbocycles. The minimum atomic E-state index is 1.08. The number of aromatic nitrogens is 1. The molecule has 0 atom stereocenters. The van der Waals surface area contributed by atoms with Crippen molar-refractivity contribution in [1.82, 2.24) is 4.98 Å². The number of nitrogens with zero attached hydrogens (tertiary/aromatic N) is 1. The molecule has 0 amide bonds. The van der Waals surface area contributed by atoms with E-state index in [9.17, 15) is 0 Å². The average molecular weight is 233 g/mol. The standard InChI is InChI=1S/C17H15N/c1-12-6-5-11-18-17(12)16-10-9-14-7-3-4-8-15(14)13(16)2/h3-11H,1-2H3. The fourth-order valence-corrected chi connectivity index (χ4v) is 2.45. The van der Waals surface area contributed by atoms with E-state index in [1.165, 1.54) is 27.5 Å². The van der Waals surface area contributed by atoms with Crippen LogP contribution in [0.15, 0.2) is 54.7 Å². The maximum absolute atomic E-state index is 4.52. The van der Waals surface area contributed by atoms with Crippen molar-refractivity contribution in [3.8, 4) is 11.3 Å². The minimum absolute atomic E-state index is 1.08. The van der Waals surface area contributed by atoms with Crippen molar-refractivity contribution in [1.29, 1.82) is 0 Å². The van der Waals surface area contributed by atoms with E-state index >= 15 is 0 Å². The number of benzene rings is 2. The van der Waals surface area contributed by atoms with Crippen molar-refractivity contribution >= 4 is 10.8 Å². The number of pyridine rings is 1. The minimum Gasteiger partial charge on any atom is -0.256 e. The third kappa shape index (κ3) is 1.68. The molecule has 1 heteroatoms. The molecular weight excluding hydrogens is 218 g/mol. The van der Waals surface area contributed by atoms with Crippen LogP contribution in [0, 0.1) is 13.8 Å². The molecular formula is C17H15N. The molecule has 3 aromatic rings. The van der Waals surface area contributed by atoms with E-state index in [2.05, 4.69) is 61.3 Å². The molecule has 88 valence electrons. The molecule has 0 aliphatic carbocycles. The topological polar surface area (TPSA) is 12.9 Å². The lowest BCUT2D eigenvalue weighted by Crippen LogP contribution is -1.91. The lowest BCUT2D eigenvalue weighted by Gasteiger charge is -2.10. The number of rotatable bonds is 1. The largest absolute Gasteiger partial charge is 0.256 e. The maximum Gasteiger partial charge on any atom is 0.0733 e. The summed E-state index contributed by atoms with van der Waals surface area (Å²) in [5.41, 5.74) is 4.83. The van der Waals surface area contributed by atoms with Gasteiger partial charge in [0.25, 0.3) is 0 Å². The summed E-state index contributed by atoms with van der Waals surface area (Å²) in [6, 6.07) is 16.9. The summed E-state index contributed by atoms with van der Waals surface area (Å²) in [6.45, 7) is 4.28. The highest BCUT2D eigenvalue weighted by molar-refractivity contribution is 5.91. The van der Waals surface area contributed by atoms with Crippen molar-refractivity contribution in [3.63, 3.8) is 0 Å². The van der Waals surface area contributed by atoms with E-state index in [-0.39, 0.29) is 0 Å². The van der Waals surface area contributed by atoms with Gasteiger partial charge in [0.05, 0.1) is 5.69 Å². The SMILES string of the molecule is Cc1cccnc1-c1ccc2ccccc2c1C. The third-order valence-corrected chi connectivity index (χ3v) is 3.46. The number of fused-ring (bicyclic) bond motifs is 1. The number of hydrogen-bond donors (Lipinski definition) is 0. The van der Waals surface area contributed by atoms with Gasteiger partial charge in [-0.25, -0.2) is 0 Å². The molecule has 0 saturated heterocycles. The number of hydrogen-bond acceptors (Lipinski definition) is 1. The Labute approximate surface area is 107 Å². The molecule has 0 aliphatic rings. The highest BCUT2D eigenvalue weighted by Crippen LogP contribution is 2.29. The zero-order valence-corrected chi connectivity index (χ0v) is 10.6. The third-order valence-electron chi connectivity index (χ3n) is 3.46. The van der Waals surface area contributed by atoms with E-state index in [4.69, 9.17) is 0 Å². The van der Waals surface area contributed by atoms with Crippen LogP contribution in [0.2, 0.25) is 0 Å². The maximum atomic E-state index is 4.52. The molecule has 1 aromatic heterocycles. The van der Waals surface area contributed by atoms with E-state index < -0.39 is 0 Å². The predicted molar refractivity (Wildman–Crippen MR) is 76.7 cm³/mol. The van der Waals surface area contributed by atoms with Crippen LogP contribution in [-0.4, -0.2) is 4.98 Å². The molecule has 1 heterocycles. The molecule has 0 N–H and O–H groups in total. The molecule has 0 unspecified atom stereocenters. The Morgan fingerprint density at radius 1 is 0.833 bits per heavy atom. The van der Waals surface area contributed by atoms with Crippen molar-refractivity contribution in [2.45, 2.75) is 13.8 Å². The molecule has 0 radical (unpaired) electrons. The average Bonchev–Trinajstić information content (AvgIpc) is 2.41.